The van der Waals surface area contributed by atoms with Crippen LogP contribution in [-0.4, -0.2) is 38.9 Å². The van der Waals surface area contributed by atoms with E-state index in [0.29, 0.717) is 11.3 Å². The lowest BCUT2D eigenvalue weighted by atomic mass is 10.1. The zero-order valence-corrected chi connectivity index (χ0v) is 14.5. The van der Waals surface area contributed by atoms with Gasteiger partial charge in [-0.25, -0.2) is 0 Å². The summed E-state index contributed by atoms with van der Waals surface area (Å²) in [6.45, 7) is -0.285. The zero-order valence-electron chi connectivity index (χ0n) is 14.5. The Morgan fingerprint density at radius 2 is 1.86 bits per heavy atom. The molecule has 2 heterocycles. The molecule has 2 aromatic carbocycles. The zero-order chi connectivity index (χ0) is 19.8. The molecule has 0 fully saturated rings. The monoisotopic (exact) mass is 380 g/mol. The smallest absolute Gasteiger partial charge is 0.282 e. The maximum absolute atomic E-state index is 12.6. The van der Waals surface area contributed by atoms with E-state index >= 15 is 0 Å². The fourth-order valence-corrected chi connectivity index (χ4v) is 2.91. The maximum atomic E-state index is 12.6. The van der Waals surface area contributed by atoms with E-state index in [-0.39, 0.29) is 29.5 Å². The van der Waals surface area contributed by atoms with Gasteiger partial charge in [0, 0.05) is 11.6 Å². The Balaban J connectivity index is 1.59. The van der Waals surface area contributed by atoms with Crippen LogP contribution in [0.3, 0.4) is 0 Å². The van der Waals surface area contributed by atoms with E-state index in [1.54, 1.807) is 31.4 Å². The van der Waals surface area contributed by atoms with Crippen LogP contribution < -0.4 is 4.74 Å². The van der Waals surface area contributed by atoms with Gasteiger partial charge in [0.25, 0.3) is 17.5 Å². The van der Waals surface area contributed by atoms with E-state index < -0.39 is 22.4 Å². The lowest BCUT2D eigenvalue weighted by Gasteiger charge is -2.10. The van der Waals surface area contributed by atoms with Crippen molar-refractivity contribution >= 4 is 17.5 Å². The quantitative estimate of drug-likeness (QED) is 0.375. The highest BCUT2D eigenvalue weighted by Crippen LogP contribution is 2.31. The van der Waals surface area contributed by atoms with Crippen LogP contribution in [0.15, 0.2) is 46.9 Å². The number of nitro benzene ring substituents is 1. The van der Waals surface area contributed by atoms with Gasteiger partial charge in [-0.3, -0.25) is 24.6 Å². The predicted octanol–water partition coefficient (Wildman–Crippen LogP) is 2.45. The van der Waals surface area contributed by atoms with Gasteiger partial charge < -0.3 is 9.15 Å². The number of amides is 2. The van der Waals surface area contributed by atoms with Gasteiger partial charge in [-0.05, 0) is 30.3 Å². The summed E-state index contributed by atoms with van der Waals surface area (Å²) in [6, 6.07) is 10.8. The largest absolute Gasteiger partial charge is 0.497 e. The number of methoxy groups -OCH3 is 1. The minimum atomic E-state index is -0.767. The topological polar surface area (TPSA) is 129 Å². The van der Waals surface area contributed by atoms with Crippen LogP contribution in [0.5, 0.6) is 5.75 Å². The first-order valence-electron chi connectivity index (χ1n) is 8.10. The summed E-state index contributed by atoms with van der Waals surface area (Å²) in [7, 11) is 1.55. The van der Waals surface area contributed by atoms with Crippen molar-refractivity contribution < 1.29 is 23.7 Å². The van der Waals surface area contributed by atoms with Gasteiger partial charge >= 0.3 is 0 Å². The molecule has 10 nitrogen and oxygen atoms in total. The number of nitro groups is 1. The SMILES string of the molecule is COc1ccc(-c2nnc(CN3C(=O)c4cccc([N+](=O)[O-])c4C3=O)o2)cc1. The Kier molecular flexibility index (Phi) is 4.07. The van der Waals surface area contributed by atoms with Gasteiger partial charge in [-0.2, -0.15) is 0 Å². The number of hydrogen-bond donors (Lipinski definition) is 0. The molecule has 140 valence electrons. The first-order chi connectivity index (χ1) is 13.5. The molecule has 0 bridgehead atoms. The number of benzene rings is 2. The van der Waals surface area contributed by atoms with Gasteiger partial charge in [0.15, 0.2) is 0 Å². The molecule has 0 N–H and O–H groups in total. The summed E-state index contributed by atoms with van der Waals surface area (Å²) >= 11 is 0. The van der Waals surface area contributed by atoms with Crippen molar-refractivity contribution in [3.8, 4) is 17.2 Å². The molecule has 1 aliphatic heterocycles. The lowest BCUT2D eigenvalue weighted by Crippen LogP contribution is -2.29. The first kappa shape index (κ1) is 17.3. The lowest BCUT2D eigenvalue weighted by molar-refractivity contribution is -0.385. The molecule has 1 aliphatic rings. The van der Waals surface area contributed by atoms with Crippen LogP contribution in [0.4, 0.5) is 5.69 Å². The molecule has 0 saturated heterocycles. The normalized spacial score (nSPS) is 13.0. The van der Waals surface area contributed by atoms with Crippen LogP contribution >= 0.6 is 0 Å². The fraction of sp³-hybridized carbons (Fsp3) is 0.111. The number of imide groups is 1. The Morgan fingerprint density at radius 1 is 1.11 bits per heavy atom. The minimum absolute atomic E-state index is 0.0194. The third-order valence-electron chi connectivity index (χ3n) is 4.27. The van der Waals surface area contributed by atoms with E-state index in [1.165, 1.54) is 18.2 Å². The van der Waals surface area contributed by atoms with E-state index in [1.807, 2.05) is 0 Å². The highest BCUT2D eigenvalue weighted by Gasteiger charge is 2.41. The number of rotatable bonds is 5. The van der Waals surface area contributed by atoms with E-state index in [4.69, 9.17) is 9.15 Å². The number of nitrogens with zero attached hydrogens (tertiary/aromatic N) is 4. The number of carbonyl (C=O) groups excluding carboxylic acids is 2. The van der Waals surface area contributed by atoms with Crippen LogP contribution in [0.2, 0.25) is 0 Å². The van der Waals surface area contributed by atoms with Crippen molar-refractivity contribution in [1.82, 2.24) is 15.1 Å². The second kappa shape index (κ2) is 6.58. The molecule has 0 saturated carbocycles. The van der Waals surface area contributed by atoms with Crippen LogP contribution in [0.25, 0.3) is 11.5 Å². The number of aromatic nitrogens is 2. The van der Waals surface area contributed by atoms with Crippen molar-refractivity contribution in [1.29, 1.82) is 0 Å². The number of carbonyl (C=O) groups is 2. The molecule has 1 aromatic heterocycles. The van der Waals surface area contributed by atoms with E-state index in [2.05, 4.69) is 10.2 Å². The molecule has 0 radical (unpaired) electrons. The highest BCUT2D eigenvalue weighted by molar-refractivity contribution is 6.23. The molecule has 0 spiro atoms. The Hall–Kier alpha value is -4.08. The standard InChI is InChI=1S/C18H12N4O6/c1-27-11-7-5-10(6-8-11)16-20-19-14(28-16)9-21-17(23)12-3-2-4-13(22(25)26)15(12)18(21)24/h2-8H,9H2,1H3. The average molecular weight is 380 g/mol. The molecule has 0 atom stereocenters. The molecule has 3 aromatic rings. The van der Waals surface area contributed by atoms with Crippen molar-refractivity contribution in [2.75, 3.05) is 7.11 Å². The summed E-state index contributed by atoms with van der Waals surface area (Å²) < 4.78 is 10.6. The molecule has 2 amide bonds. The van der Waals surface area contributed by atoms with Crippen molar-refractivity contribution in [3.05, 3.63) is 69.6 Å². The van der Waals surface area contributed by atoms with Crippen molar-refractivity contribution in [2.24, 2.45) is 0 Å². The average Bonchev–Trinajstić information content (AvgIpc) is 3.27. The Morgan fingerprint density at radius 3 is 2.54 bits per heavy atom. The molecule has 10 heteroatoms. The van der Waals surface area contributed by atoms with Crippen LogP contribution in [0.1, 0.15) is 26.6 Å². The van der Waals surface area contributed by atoms with Crippen LogP contribution in [0, 0.1) is 10.1 Å². The van der Waals surface area contributed by atoms with Crippen LogP contribution in [-0.2, 0) is 6.54 Å². The summed E-state index contributed by atoms with van der Waals surface area (Å²) in [6.07, 6.45) is 0. The van der Waals surface area contributed by atoms with E-state index in [9.17, 15) is 19.7 Å². The third kappa shape index (κ3) is 2.76. The number of hydrogen-bond acceptors (Lipinski definition) is 8. The summed E-state index contributed by atoms with van der Waals surface area (Å²) in [5.41, 5.74) is -0.0261. The second-order valence-electron chi connectivity index (χ2n) is 5.88. The van der Waals surface area contributed by atoms with Gasteiger partial charge in [0.05, 0.1) is 17.6 Å². The second-order valence-corrected chi connectivity index (χ2v) is 5.88. The molecule has 28 heavy (non-hydrogen) atoms. The highest BCUT2D eigenvalue weighted by atomic mass is 16.6. The molecular formula is C18H12N4O6. The molecular weight excluding hydrogens is 368 g/mol. The maximum Gasteiger partial charge on any atom is 0.282 e. The Bertz CT molecular complexity index is 1110. The van der Waals surface area contributed by atoms with Crippen molar-refractivity contribution in [2.45, 2.75) is 6.54 Å². The number of ether oxygens (including phenoxy) is 1. The third-order valence-corrected chi connectivity index (χ3v) is 4.27. The summed E-state index contributed by atoms with van der Waals surface area (Å²) in [4.78, 5) is 36.4. The molecule has 4 rings (SSSR count). The van der Waals surface area contributed by atoms with Gasteiger partial charge in [-0.15, -0.1) is 10.2 Å². The van der Waals surface area contributed by atoms with Gasteiger partial charge in [-0.1, -0.05) is 6.07 Å². The number of fused-ring (bicyclic) bond motifs is 1. The summed E-state index contributed by atoms with van der Waals surface area (Å²) in [5, 5.41) is 18.9. The predicted molar refractivity (Wildman–Crippen MR) is 93.6 cm³/mol. The van der Waals surface area contributed by atoms with Gasteiger partial charge in [0.2, 0.25) is 11.8 Å². The van der Waals surface area contributed by atoms with E-state index in [0.717, 1.165) is 4.90 Å². The fourth-order valence-electron chi connectivity index (χ4n) is 2.91. The summed E-state index contributed by atoms with van der Waals surface area (Å²) in [5.74, 6) is -0.510. The van der Waals surface area contributed by atoms with Gasteiger partial charge in [0.1, 0.15) is 17.9 Å². The minimum Gasteiger partial charge on any atom is -0.497 e. The Labute approximate surface area is 157 Å². The van der Waals surface area contributed by atoms with Crippen molar-refractivity contribution in [3.63, 3.8) is 0 Å². The first-order valence-corrected chi connectivity index (χ1v) is 8.10. The molecule has 0 unspecified atom stereocenters. The molecule has 0 aliphatic carbocycles.